The summed E-state index contributed by atoms with van der Waals surface area (Å²) in [6, 6.07) is -4.94. The van der Waals surface area contributed by atoms with E-state index in [0.29, 0.717) is 31.4 Å². The quantitative estimate of drug-likeness (QED) is 0.0311. The van der Waals surface area contributed by atoms with E-state index in [1.165, 1.54) is 24.3 Å². The fraction of sp³-hybridized carbons (Fsp3) is 0.681. The zero-order valence-electron chi connectivity index (χ0n) is 42.6. The molecule has 0 spiro atoms. The number of nitrogens with two attached hydrogens (primary N) is 4. The van der Waals surface area contributed by atoms with Crippen LogP contribution in [0.4, 0.5) is 0 Å². The van der Waals surface area contributed by atoms with Gasteiger partial charge in [-0.2, -0.15) is 0 Å². The van der Waals surface area contributed by atoms with E-state index in [2.05, 4.69) is 37.2 Å². The molecule has 0 unspecified atom stereocenters. The number of phenols is 1. The normalized spacial score (nSPS) is 20.9. The van der Waals surface area contributed by atoms with Gasteiger partial charge < -0.3 is 90.1 Å². The predicted octanol–water partition coefficient (Wildman–Crippen LogP) is -4.63. The number of unbranched alkanes of at least 4 members (excludes halogenated alkanes) is 1. The Balaban J connectivity index is 2.37. The first-order chi connectivity index (χ1) is 34.3. The second-order valence-corrected chi connectivity index (χ2v) is 18.9. The number of rotatable bonds is 31. The molecule has 1 saturated heterocycles. The van der Waals surface area contributed by atoms with Crippen LogP contribution in [0.25, 0.3) is 0 Å². The lowest BCUT2D eigenvalue weighted by Crippen LogP contribution is -2.63. The minimum atomic E-state index is -1.58. The Morgan fingerprint density at radius 3 is 1.68 bits per heavy atom. The van der Waals surface area contributed by atoms with Crippen molar-refractivity contribution in [1.82, 2.24) is 37.2 Å². The molecule has 9 amide bonds. The molecule has 1 heterocycles. The van der Waals surface area contributed by atoms with E-state index in [1.807, 2.05) is 0 Å². The molecule has 1 aromatic carbocycles. The van der Waals surface area contributed by atoms with E-state index < -0.39 is 163 Å². The number of aliphatic hydroxyl groups is 3. The first-order valence-corrected chi connectivity index (χ1v) is 24.4. The van der Waals surface area contributed by atoms with Crippen LogP contribution in [0.2, 0.25) is 0 Å². The predicted molar refractivity (Wildman–Crippen MR) is 262 cm³/mol. The van der Waals surface area contributed by atoms with Crippen LogP contribution < -0.4 is 60.2 Å². The molecule has 412 valence electrons. The lowest BCUT2D eigenvalue weighted by molar-refractivity contribution is -0.266. The van der Waals surface area contributed by atoms with Gasteiger partial charge in [0.25, 0.3) is 0 Å². The van der Waals surface area contributed by atoms with Crippen LogP contribution >= 0.6 is 0 Å². The number of hydrogen-bond acceptors (Lipinski definition) is 17. The van der Waals surface area contributed by atoms with Crippen molar-refractivity contribution in [3.8, 4) is 5.75 Å². The molecule has 1 aliphatic rings. The number of primary amides is 2. The number of hydrogen-bond donors (Lipinski definition) is 15. The summed E-state index contributed by atoms with van der Waals surface area (Å²) < 4.78 is 11.0. The topological polar surface area (TPSA) is 441 Å². The third-order valence-corrected chi connectivity index (χ3v) is 12.3. The molecule has 0 aromatic heterocycles. The second kappa shape index (κ2) is 30.9. The standard InChI is InChI=1S/C47H79N11O15/c1-8-24(6)37(46(71)57-36(23(4)5)45(70)55-30(19-26-12-14-27(61)15-13-26)42(67)53-28(40(51)65)11-9-10-18-48)58-41(66)29(16-17-33(49)62)54-44(69)35(22(2)3)56-43(68)31(52-25(7)60)21-72-47-34(50)39(64)38(63)32(20-59)73-47/h12-15,22-24,28-32,34-39,47,59,61,63-64H,8-11,16-21,48,50H2,1-7H3,(H2,49,62)(H2,51,65)(H,52,60)(H,53,67)(H,54,69)(H,55,70)(H,56,68)(H,57,71)(H,58,66)/t24-,28-,29-,30-,31-,32+,34+,35-,36-,37-,38+,39+,47+/m0/s1. The molecule has 0 radical (unpaired) electrons. The SMILES string of the molecule is CC[C@H](C)[C@H](NC(=O)[C@H](CCC(N)=O)NC(=O)[C@@H](NC(=O)[C@H](CO[C@@H]1O[C@H](CO)[C@@H](O)[C@H](O)[C@H]1N)NC(C)=O)C(C)C)C(=O)N[C@H](C(=O)N[C@@H](Cc1ccc(O)cc1)C(=O)N[C@@H](CCCCN)C(N)=O)C(C)C. The molecule has 1 fully saturated rings. The maximum absolute atomic E-state index is 14.2. The van der Waals surface area contributed by atoms with Crippen molar-refractivity contribution < 1.29 is 73.1 Å². The number of amides is 9. The highest BCUT2D eigenvalue weighted by Gasteiger charge is 2.44. The van der Waals surface area contributed by atoms with E-state index >= 15 is 0 Å². The molecule has 26 heteroatoms. The summed E-state index contributed by atoms with van der Waals surface area (Å²) in [5.74, 6) is -9.39. The maximum atomic E-state index is 14.2. The monoisotopic (exact) mass is 1040 g/mol. The van der Waals surface area contributed by atoms with Gasteiger partial charge in [0.2, 0.25) is 53.2 Å². The Morgan fingerprint density at radius 1 is 0.671 bits per heavy atom. The number of carbonyl (C=O) groups is 9. The molecule has 26 nitrogen and oxygen atoms in total. The summed E-state index contributed by atoms with van der Waals surface area (Å²) in [6.45, 7) is 9.92. The first kappa shape index (κ1) is 63.1. The lowest BCUT2D eigenvalue weighted by Gasteiger charge is -2.40. The van der Waals surface area contributed by atoms with Gasteiger partial charge in [0.05, 0.1) is 19.3 Å². The lowest BCUT2D eigenvalue weighted by atomic mass is 9.95. The fourth-order valence-electron chi connectivity index (χ4n) is 7.60. The number of aromatic hydroxyl groups is 1. The number of nitrogens with one attached hydrogen (secondary N) is 7. The van der Waals surface area contributed by atoms with Crippen molar-refractivity contribution in [2.45, 2.75) is 166 Å². The molecule has 2 rings (SSSR count). The Labute approximate surface area is 424 Å². The van der Waals surface area contributed by atoms with Crippen molar-refractivity contribution in [2.24, 2.45) is 40.7 Å². The Hall–Kier alpha value is -6.03. The van der Waals surface area contributed by atoms with Gasteiger partial charge in [-0.05, 0) is 67.7 Å². The number of aliphatic hydroxyl groups excluding tert-OH is 3. The van der Waals surface area contributed by atoms with Crippen LogP contribution in [-0.2, 0) is 59.0 Å². The molecule has 0 aliphatic carbocycles. The average Bonchev–Trinajstić information content (AvgIpc) is 3.32. The molecule has 1 aliphatic heterocycles. The summed E-state index contributed by atoms with van der Waals surface area (Å²) in [5, 5.41) is 57.9. The van der Waals surface area contributed by atoms with Crippen molar-refractivity contribution in [2.75, 3.05) is 19.8 Å². The molecule has 0 saturated carbocycles. The van der Waals surface area contributed by atoms with Crippen molar-refractivity contribution >= 4 is 53.2 Å². The smallest absolute Gasteiger partial charge is 0.245 e. The third kappa shape index (κ3) is 20.4. The van der Waals surface area contributed by atoms with Gasteiger partial charge in [-0.1, -0.05) is 60.1 Å². The minimum Gasteiger partial charge on any atom is -0.508 e. The van der Waals surface area contributed by atoms with Crippen LogP contribution in [0.5, 0.6) is 5.75 Å². The first-order valence-electron chi connectivity index (χ1n) is 24.4. The van der Waals surface area contributed by atoms with Crippen LogP contribution in [0.15, 0.2) is 24.3 Å². The van der Waals surface area contributed by atoms with Gasteiger partial charge in [-0.25, -0.2) is 0 Å². The highest BCUT2D eigenvalue weighted by molar-refractivity contribution is 5.98. The van der Waals surface area contributed by atoms with Crippen LogP contribution in [-0.4, -0.2) is 166 Å². The Kier molecular flexibility index (Phi) is 26.7. The maximum Gasteiger partial charge on any atom is 0.245 e. The molecule has 73 heavy (non-hydrogen) atoms. The highest BCUT2D eigenvalue weighted by Crippen LogP contribution is 2.21. The summed E-state index contributed by atoms with van der Waals surface area (Å²) in [5.41, 5.74) is 23.1. The van der Waals surface area contributed by atoms with Crippen LogP contribution in [0, 0.1) is 17.8 Å². The van der Waals surface area contributed by atoms with Crippen LogP contribution in [0.3, 0.4) is 0 Å². The molecular formula is C47H79N11O15. The summed E-state index contributed by atoms with van der Waals surface area (Å²) in [6.07, 6.45) is -5.18. The number of ether oxygens (including phenoxy) is 2. The molecular weight excluding hydrogens is 959 g/mol. The van der Waals surface area contributed by atoms with Gasteiger partial charge in [-0.3, -0.25) is 43.2 Å². The van der Waals surface area contributed by atoms with E-state index in [4.69, 9.17) is 32.4 Å². The van der Waals surface area contributed by atoms with E-state index in [1.54, 1.807) is 41.5 Å². The summed E-state index contributed by atoms with van der Waals surface area (Å²) >= 11 is 0. The molecule has 1 aromatic rings. The number of benzene rings is 1. The van der Waals surface area contributed by atoms with E-state index in [-0.39, 0.29) is 25.0 Å². The average molecular weight is 1040 g/mol. The van der Waals surface area contributed by atoms with Gasteiger partial charge in [0.15, 0.2) is 6.29 Å². The summed E-state index contributed by atoms with van der Waals surface area (Å²) in [4.78, 5) is 120. The van der Waals surface area contributed by atoms with E-state index in [0.717, 1.165) is 6.92 Å². The molecule has 19 N–H and O–H groups in total. The Morgan fingerprint density at radius 2 is 1.18 bits per heavy atom. The van der Waals surface area contributed by atoms with Crippen molar-refractivity contribution in [3.63, 3.8) is 0 Å². The molecule has 13 atom stereocenters. The fourth-order valence-corrected chi connectivity index (χ4v) is 7.60. The van der Waals surface area contributed by atoms with Gasteiger partial charge in [0, 0.05) is 19.8 Å². The second-order valence-electron chi connectivity index (χ2n) is 18.9. The highest BCUT2D eigenvalue weighted by atomic mass is 16.7. The number of carbonyl (C=O) groups excluding carboxylic acids is 9. The van der Waals surface area contributed by atoms with Gasteiger partial charge in [0.1, 0.15) is 66.4 Å². The summed E-state index contributed by atoms with van der Waals surface area (Å²) in [7, 11) is 0. The zero-order valence-corrected chi connectivity index (χ0v) is 42.6. The van der Waals surface area contributed by atoms with E-state index in [9.17, 15) is 63.6 Å². The largest absolute Gasteiger partial charge is 0.508 e. The molecule has 0 bridgehead atoms. The van der Waals surface area contributed by atoms with Gasteiger partial charge >= 0.3 is 0 Å². The minimum absolute atomic E-state index is 0.0436. The van der Waals surface area contributed by atoms with Gasteiger partial charge in [-0.15, -0.1) is 0 Å². The van der Waals surface area contributed by atoms with Crippen LogP contribution in [0.1, 0.15) is 92.6 Å². The Bertz CT molecular complexity index is 2010. The van der Waals surface area contributed by atoms with Crippen molar-refractivity contribution in [3.05, 3.63) is 29.8 Å². The zero-order chi connectivity index (χ0) is 55.3. The van der Waals surface area contributed by atoms with Crippen molar-refractivity contribution in [1.29, 1.82) is 0 Å². The third-order valence-electron chi connectivity index (χ3n) is 12.3. The number of phenolic OH excluding ortho intramolecular Hbond substituents is 1.